The number of amidine groups is 4. The monoisotopic (exact) mass is 1100 g/mol. The quantitative estimate of drug-likeness (QED) is 0.0419. The normalized spacial score (nSPS) is 18.1. The van der Waals surface area contributed by atoms with Gasteiger partial charge < -0.3 is 0 Å². The Balaban J connectivity index is 1.13. The fraction of sp³-hybridized carbons (Fsp3) is 0.286. The zero-order valence-corrected chi connectivity index (χ0v) is 45.8. The molecule has 0 radical (unpaired) electrons. The van der Waals surface area contributed by atoms with Crippen LogP contribution in [0.4, 0.5) is 16.4 Å². The van der Waals surface area contributed by atoms with Gasteiger partial charge in [-0.2, -0.15) is 11.8 Å². The maximum absolute atomic E-state index is 13.1. The summed E-state index contributed by atoms with van der Waals surface area (Å²) in [4.78, 5) is 64.9. The first-order valence-corrected chi connectivity index (χ1v) is 35.4. The predicted octanol–water partition coefficient (Wildman–Crippen LogP) is 2.62. The molecule has 0 aliphatic carbocycles. The second-order valence-corrected chi connectivity index (χ2v) is 36.8. The number of hydrogen-bond donors (Lipinski definition) is 5. The van der Waals surface area contributed by atoms with Gasteiger partial charge in [-0.05, 0) is 0 Å². The molecule has 394 valence electrons. The molecule has 2 aromatic heterocycles. The maximum atomic E-state index is 13.1. The first-order chi connectivity index (χ1) is 36.4. The summed E-state index contributed by atoms with van der Waals surface area (Å²) >= 11 is 0. The summed E-state index contributed by atoms with van der Waals surface area (Å²) in [5.74, 6) is 11.7. The summed E-state index contributed by atoms with van der Waals surface area (Å²) < 4.78 is 60.2. The zero-order valence-electron chi connectivity index (χ0n) is 42.0. The first-order valence-electron chi connectivity index (χ1n) is 25.0. The van der Waals surface area contributed by atoms with Crippen molar-refractivity contribution in [3.8, 4) is 0 Å². The Labute approximate surface area is 436 Å². The molecule has 0 saturated carbocycles. The number of carbonyl (C=O) groups is 3. The molecule has 8 heterocycles. The molecule has 0 bridgehead atoms. The molecule has 7 N–H and O–H groups in total. The Morgan fingerprint density at radius 2 is 1.07 bits per heavy atom. The van der Waals surface area contributed by atoms with Crippen LogP contribution in [0.5, 0.6) is 0 Å². The minimum atomic E-state index is -7.02. The number of carbonyl (C=O) groups excluding carboxylic acids is 3. The molecule has 27 heteroatoms. The van der Waals surface area contributed by atoms with Gasteiger partial charge in [0.15, 0.2) is 0 Å². The third kappa shape index (κ3) is 6.77. The predicted molar refractivity (Wildman–Crippen MR) is 287 cm³/mol. The van der Waals surface area contributed by atoms with Crippen LogP contribution in [-0.4, -0.2) is 130 Å². The molecule has 6 aromatic rings. The van der Waals surface area contributed by atoms with Crippen LogP contribution >= 0.6 is 0 Å². The third-order valence-electron chi connectivity index (χ3n) is 15.0. The van der Waals surface area contributed by atoms with Crippen LogP contribution in [0, 0.1) is 0 Å². The molecule has 0 atom stereocenters. The topological polar surface area (TPSA) is 285 Å². The van der Waals surface area contributed by atoms with Crippen LogP contribution in [0.3, 0.4) is 0 Å². The van der Waals surface area contributed by atoms with E-state index in [9.17, 15) is 22.8 Å². The van der Waals surface area contributed by atoms with E-state index in [1.807, 2.05) is 48.5 Å². The van der Waals surface area contributed by atoms with E-state index >= 15 is 0 Å². The van der Waals surface area contributed by atoms with E-state index in [0.717, 1.165) is 43.8 Å². The zero-order chi connectivity index (χ0) is 53.1. The number of nitrogens with two attached hydrogens (primary N) is 2. The average molecular weight is 1100 g/mol. The van der Waals surface area contributed by atoms with Crippen molar-refractivity contribution < 1.29 is 53.4 Å². The Morgan fingerprint density at radius 3 is 1.57 bits per heavy atom. The van der Waals surface area contributed by atoms with E-state index in [4.69, 9.17) is 44.7 Å². The Hall–Kier alpha value is -7.19. The first kappa shape index (κ1) is 49.7. The van der Waals surface area contributed by atoms with E-state index in [0.29, 0.717) is 70.9 Å². The van der Waals surface area contributed by atoms with Gasteiger partial charge in [-0.25, -0.2) is 0 Å². The van der Waals surface area contributed by atoms with E-state index in [-0.39, 0.29) is 26.2 Å². The number of aliphatic imine (C=N–C) groups is 2. The molecule has 0 unspecified atom stereocenters. The van der Waals surface area contributed by atoms with Crippen molar-refractivity contribution in [2.45, 2.75) is 51.1 Å². The molecule has 3 amide bonds. The Morgan fingerprint density at radius 1 is 0.605 bits per heavy atom. The summed E-state index contributed by atoms with van der Waals surface area (Å²) in [5, 5.41) is 11.8. The van der Waals surface area contributed by atoms with E-state index in [1.54, 1.807) is 0 Å². The number of fused-ring (bicyclic) bond motifs is 12. The summed E-state index contributed by atoms with van der Waals surface area (Å²) in [6, 6.07) is 33.0. The van der Waals surface area contributed by atoms with Crippen LogP contribution in [0.25, 0.3) is 21.5 Å². The fourth-order valence-electron chi connectivity index (χ4n) is 12.4. The van der Waals surface area contributed by atoms with Crippen LogP contribution in [0.1, 0.15) is 35.1 Å². The number of nitrogens with zero attached hydrogens (tertiary/aromatic N) is 8. The van der Waals surface area contributed by atoms with Crippen LogP contribution in [-0.2, 0) is 41.8 Å². The van der Waals surface area contributed by atoms with Crippen molar-refractivity contribution in [3.63, 3.8) is 0 Å². The molecule has 6 aliphatic rings. The minimum absolute atomic E-state index is 0.208. The van der Waals surface area contributed by atoms with Crippen LogP contribution in [0.15, 0.2) is 117 Å². The molecule has 4 aromatic carbocycles. The van der Waals surface area contributed by atoms with Crippen molar-refractivity contribution >= 4 is 109 Å². The van der Waals surface area contributed by atoms with Gasteiger partial charge in [-0.15, -0.1) is 0 Å². The molecule has 12 rings (SSSR count). The van der Waals surface area contributed by atoms with E-state index in [1.165, 1.54) is 0 Å². The van der Waals surface area contributed by atoms with Crippen LogP contribution in [0.2, 0.25) is 38.3 Å². The van der Waals surface area contributed by atoms with Gasteiger partial charge in [0.25, 0.3) is 0 Å². The second kappa shape index (κ2) is 17.2. The Kier molecular flexibility index (Phi) is 11.2. The summed E-state index contributed by atoms with van der Waals surface area (Å²) in [6.45, 7) is 8.15. The number of hydrogen-bond acceptors (Lipinski definition) is 16. The summed E-state index contributed by atoms with van der Waals surface area (Å²) in [6.07, 6.45) is 0.944. The fourth-order valence-corrected chi connectivity index (χ4v) is 35.2. The van der Waals surface area contributed by atoms with E-state index < -0.39 is 64.8 Å². The number of amides is 3. The molecule has 1 spiro atoms. The standard InChI is InChI=1S/C49H55N13O10SSi3/c1-74(2,27-13-23-52-39(63)29-68-30-40(64)69-50)71-76(72-75(3,4)28-14-24-53-49(65)54-25-26-73(66,67)70-51)59-41-31-15-5-6-16-32(31)42(59)56-44-35-19-9-10-20-36(35)46(61(44)76)58-48-38-22-12-11-21-37(38)47(62(48)76)57-45-34-18-8-7-17-33(34)43(55-41)60(45)76/h5-12,15-22H,13-14,23-30,50-51H2,1-4H3,(H,52,63)(H2,53,54,65). The van der Waals surface area contributed by atoms with Gasteiger partial charge >= 0.3 is 427 Å². The van der Waals surface area contributed by atoms with Gasteiger partial charge in [0.1, 0.15) is 0 Å². The molecule has 6 aliphatic heterocycles. The Bertz CT molecular complexity index is 3830. The second-order valence-electron chi connectivity index (χ2n) is 20.8. The van der Waals surface area contributed by atoms with Crippen molar-refractivity contribution in [1.82, 2.24) is 24.4 Å². The van der Waals surface area contributed by atoms with Crippen molar-refractivity contribution in [3.05, 3.63) is 130 Å². The van der Waals surface area contributed by atoms with Gasteiger partial charge in [0.05, 0.1) is 0 Å². The molecule has 0 saturated heterocycles. The average Bonchev–Trinajstić information content (AvgIpc) is 4.27. The number of rotatable bonds is 20. The van der Waals surface area contributed by atoms with Crippen LogP contribution < -0.4 is 38.7 Å². The number of nitrogens with one attached hydrogen (secondary N) is 3. The number of benzene rings is 4. The van der Waals surface area contributed by atoms with Gasteiger partial charge in [0.2, 0.25) is 0 Å². The van der Waals surface area contributed by atoms with Gasteiger partial charge in [-0.3, -0.25) is 0 Å². The number of urea groups is 1. The number of ether oxygens (including phenoxy) is 1. The summed E-state index contributed by atoms with van der Waals surface area (Å²) in [5.41, 5.74) is 4.53. The van der Waals surface area contributed by atoms with Gasteiger partial charge in [-0.1, -0.05) is 0 Å². The SMILES string of the molecule is C[Si](C)(CCCNC(=O)COCC(=O)ON)O[Si-2]123(O[Si](C)(C)CCCNC(=O)NCCS(=O)(=O)ON)n4c5c6ccccc6c4N=C4c6ccccc6C(=[N+]41)N=c1c4ccccc4c(n12)=NC1=[N+]3C(=N5)c2ccccc21. The molecular weight excluding hydrogens is 1050 g/mol. The molecule has 0 fully saturated rings. The molecular formula is C49H55N13O10SSi3. The summed E-state index contributed by atoms with van der Waals surface area (Å²) in [7, 11) is -17.7. The molecule has 23 nitrogen and oxygen atoms in total. The number of aromatic nitrogens is 2. The van der Waals surface area contributed by atoms with E-state index in [2.05, 4.69) is 117 Å². The van der Waals surface area contributed by atoms with Crippen molar-refractivity contribution in [2.75, 3.05) is 38.6 Å². The van der Waals surface area contributed by atoms with Gasteiger partial charge in [0, 0.05) is 0 Å². The third-order valence-corrected chi connectivity index (χ3v) is 32.7. The van der Waals surface area contributed by atoms with Crippen molar-refractivity contribution in [1.29, 1.82) is 0 Å². The van der Waals surface area contributed by atoms with Crippen molar-refractivity contribution in [2.24, 2.45) is 31.8 Å². The molecule has 76 heavy (non-hydrogen) atoms.